The minimum Gasteiger partial charge on any atom is -0.300 e. The number of rotatable bonds is 13. The summed E-state index contributed by atoms with van der Waals surface area (Å²) in [5.74, 6) is 0.373. The molecule has 0 aliphatic carbocycles. The van der Waals surface area contributed by atoms with Crippen LogP contribution in [-0.2, 0) is 28.4 Å². The molecule has 20 heavy (non-hydrogen) atoms. The third-order valence-corrected chi connectivity index (χ3v) is 3.70. The highest BCUT2D eigenvalue weighted by molar-refractivity contribution is 7.81. The molecule has 0 N–H and O–H groups in total. The second kappa shape index (κ2) is 10.9. The Labute approximate surface area is 121 Å². The Hall–Kier alpha value is -0.790. The van der Waals surface area contributed by atoms with Crippen LogP contribution in [0.15, 0.2) is 0 Å². The zero-order chi connectivity index (χ0) is 15.4. The van der Waals surface area contributed by atoms with E-state index in [9.17, 15) is 18.0 Å². The van der Waals surface area contributed by atoms with E-state index in [1.54, 1.807) is 0 Å². The number of ketones is 2. The maximum Gasteiger partial charge on any atom is 0.399 e. The zero-order valence-corrected chi connectivity index (χ0v) is 13.0. The van der Waals surface area contributed by atoms with Gasteiger partial charge >= 0.3 is 10.4 Å². The van der Waals surface area contributed by atoms with Crippen molar-refractivity contribution in [1.29, 1.82) is 0 Å². The van der Waals surface area contributed by atoms with Crippen LogP contribution < -0.4 is 0 Å². The summed E-state index contributed by atoms with van der Waals surface area (Å²) in [6, 6.07) is 0. The topological polar surface area (TPSA) is 86.7 Å². The number of unbranched alkanes of at least 4 members (excludes halogenated alkanes) is 2. The molecule has 0 rings (SSSR count). The van der Waals surface area contributed by atoms with Crippen LogP contribution in [0.4, 0.5) is 0 Å². The normalized spacial score (nSPS) is 11.5. The van der Waals surface area contributed by atoms with E-state index in [1.807, 2.05) is 6.92 Å². The molecule has 0 saturated carbocycles. The van der Waals surface area contributed by atoms with E-state index in [0.717, 1.165) is 20.0 Å². The molecule has 0 atom stereocenters. The molecular formula is C13H24O6S. The summed E-state index contributed by atoms with van der Waals surface area (Å²) >= 11 is 0. The molecule has 0 bridgehead atoms. The van der Waals surface area contributed by atoms with Gasteiger partial charge in [-0.05, 0) is 25.7 Å². The summed E-state index contributed by atoms with van der Waals surface area (Å²) < 4.78 is 30.2. The summed E-state index contributed by atoms with van der Waals surface area (Å²) in [5, 5.41) is 0. The van der Waals surface area contributed by atoms with E-state index < -0.39 is 10.4 Å². The Morgan fingerprint density at radius 2 is 1.40 bits per heavy atom. The molecule has 7 heteroatoms. The van der Waals surface area contributed by atoms with E-state index in [2.05, 4.69) is 8.37 Å². The largest absolute Gasteiger partial charge is 0.399 e. The lowest BCUT2D eigenvalue weighted by Crippen LogP contribution is -2.08. The van der Waals surface area contributed by atoms with E-state index >= 15 is 0 Å². The molecule has 0 aliphatic heterocycles. The smallest absolute Gasteiger partial charge is 0.300 e. The van der Waals surface area contributed by atoms with Crippen LogP contribution in [0.5, 0.6) is 0 Å². The summed E-state index contributed by atoms with van der Waals surface area (Å²) in [5.41, 5.74) is 0. The van der Waals surface area contributed by atoms with Crippen LogP contribution in [0.2, 0.25) is 0 Å². The standard InChI is InChI=1S/C13H24O6S/c1-3-12(14)8-4-5-9-13(15)10-6-7-11-19-20(16,17)18-2/h3-11H2,1-2H3. The van der Waals surface area contributed by atoms with Crippen LogP contribution in [-0.4, -0.2) is 33.7 Å². The number of hydrogen-bond acceptors (Lipinski definition) is 6. The lowest BCUT2D eigenvalue weighted by molar-refractivity contribution is -0.120. The van der Waals surface area contributed by atoms with E-state index in [-0.39, 0.29) is 18.2 Å². The fraction of sp³-hybridized carbons (Fsp3) is 0.846. The second-order valence-electron chi connectivity index (χ2n) is 4.49. The molecule has 0 saturated heterocycles. The van der Waals surface area contributed by atoms with Crippen LogP contribution in [0.3, 0.4) is 0 Å². The summed E-state index contributed by atoms with van der Waals surface area (Å²) in [4.78, 5) is 22.6. The Bertz CT molecular complexity index is 388. The zero-order valence-electron chi connectivity index (χ0n) is 12.2. The van der Waals surface area contributed by atoms with Gasteiger partial charge in [0.1, 0.15) is 11.6 Å². The molecule has 0 heterocycles. The average molecular weight is 308 g/mol. The van der Waals surface area contributed by atoms with Crippen molar-refractivity contribution in [3.8, 4) is 0 Å². The SMILES string of the molecule is CCC(=O)CCCCC(=O)CCCCOS(=O)(=O)OC. The van der Waals surface area contributed by atoms with Crippen molar-refractivity contribution in [2.45, 2.75) is 58.3 Å². The molecule has 0 unspecified atom stereocenters. The van der Waals surface area contributed by atoms with Gasteiger partial charge in [0.25, 0.3) is 0 Å². The van der Waals surface area contributed by atoms with Crippen LogP contribution in [0.1, 0.15) is 58.3 Å². The van der Waals surface area contributed by atoms with Crippen LogP contribution in [0, 0.1) is 0 Å². The predicted molar refractivity (Wildman–Crippen MR) is 74.5 cm³/mol. The van der Waals surface area contributed by atoms with Gasteiger partial charge in [-0.15, -0.1) is 0 Å². The Kier molecular flexibility index (Phi) is 10.5. The number of hydrogen-bond donors (Lipinski definition) is 0. The second-order valence-corrected chi connectivity index (χ2v) is 5.88. The molecule has 0 fully saturated rings. The molecule has 0 aromatic heterocycles. The van der Waals surface area contributed by atoms with Crippen molar-refractivity contribution in [2.24, 2.45) is 0 Å². The molecule has 0 amide bonds. The summed E-state index contributed by atoms with van der Waals surface area (Å²) in [7, 11) is -2.84. The summed E-state index contributed by atoms with van der Waals surface area (Å²) in [6.45, 7) is 1.85. The Morgan fingerprint density at radius 3 is 1.90 bits per heavy atom. The minimum absolute atomic E-state index is 0.0223. The number of carbonyl (C=O) groups is 2. The first kappa shape index (κ1) is 19.2. The molecule has 6 nitrogen and oxygen atoms in total. The third-order valence-electron chi connectivity index (χ3n) is 2.84. The van der Waals surface area contributed by atoms with E-state index in [0.29, 0.717) is 38.5 Å². The first-order chi connectivity index (χ1) is 9.41. The lowest BCUT2D eigenvalue weighted by atomic mass is 10.1. The lowest BCUT2D eigenvalue weighted by Gasteiger charge is -2.03. The maximum absolute atomic E-state index is 11.5. The molecule has 0 aromatic carbocycles. The van der Waals surface area contributed by atoms with Crippen molar-refractivity contribution in [2.75, 3.05) is 13.7 Å². The van der Waals surface area contributed by atoms with Gasteiger partial charge in [-0.3, -0.25) is 13.8 Å². The number of carbonyl (C=O) groups excluding carboxylic acids is 2. The fourth-order valence-corrected chi connectivity index (χ4v) is 2.00. The van der Waals surface area contributed by atoms with Gasteiger partial charge in [0, 0.05) is 25.7 Å². The first-order valence-corrected chi connectivity index (χ1v) is 8.23. The van der Waals surface area contributed by atoms with Crippen molar-refractivity contribution in [3.05, 3.63) is 0 Å². The highest BCUT2D eigenvalue weighted by atomic mass is 32.3. The van der Waals surface area contributed by atoms with Crippen molar-refractivity contribution in [3.63, 3.8) is 0 Å². The van der Waals surface area contributed by atoms with Crippen molar-refractivity contribution in [1.82, 2.24) is 0 Å². The molecule has 0 radical (unpaired) electrons. The monoisotopic (exact) mass is 308 g/mol. The van der Waals surface area contributed by atoms with Gasteiger partial charge in [-0.1, -0.05) is 6.92 Å². The third kappa shape index (κ3) is 11.1. The van der Waals surface area contributed by atoms with Gasteiger partial charge in [-0.25, -0.2) is 4.18 Å². The first-order valence-electron chi connectivity index (χ1n) is 6.89. The Morgan fingerprint density at radius 1 is 0.900 bits per heavy atom. The average Bonchev–Trinajstić information content (AvgIpc) is 2.42. The van der Waals surface area contributed by atoms with Gasteiger partial charge in [0.15, 0.2) is 0 Å². The van der Waals surface area contributed by atoms with Gasteiger partial charge < -0.3 is 0 Å². The molecule has 0 aromatic rings. The maximum atomic E-state index is 11.5. The van der Waals surface area contributed by atoms with Gasteiger partial charge in [-0.2, -0.15) is 8.42 Å². The minimum atomic E-state index is -3.87. The quantitative estimate of drug-likeness (QED) is 0.485. The van der Waals surface area contributed by atoms with Crippen LogP contribution >= 0.6 is 0 Å². The highest BCUT2D eigenvalue weighted by Gasteiger charge is 2.08. The molecule has 0 spiro atoms. The van der Waals surface area contributed by atoms with Crippen LogP contribution in [0.25, 0.3) is 0 Å². The fourth-order valence-electron chi connectivity index (χ4n) is 1.58. The van der Waals surface area contributed by atoms with E-state index in [4.69, 9.17) is 0 Å². The van der Waals surface area contributed by atoms with Gasteiger partial charge in [0.2, 0.25) is 0 Å². The summed E-state index contributed by atoms with van der Waals surface area (Å²) in [6.07, 6.45) is 4.57. The van der Waals surface area contributed by atoms with Crippen molar-refractivity contribution >= 4 is 22.0 Å². The molecular weight excluding hydrogens is 284 g/mol. The van der Waals surface area contributed by atoms with Gasteiger partial charge in [0.05, 0.1) is 13.7 Å². The predicted octanol–water partition coefficient (Wildman–Crippen LogP) is 2.17. The van der Waals surface area contributed by atoms with Crippen molar-refractivity contribution < 1.29 is 26.4 Å². The van der Waals surface area contributed by atoms with E-state index in [1.165, 1.54) is 0 Å². The number of Topliss-reactive ketones (excluding diaryl/α,β-unsaturated/α-hetero) is 2. The highest BCUT2D eigenvalue weighted by Crippen LogP contribution is 2.07. The molecule has 118 valence electrons. The molecule has 0 aliphatic rings. The Balaban J connectivity index is 3.48.